The largest absolute Gasteiger partial charge is 0.497 e. The highest BCUT2D eigenvalue weighted by Crippen LogP contribution is 2.33. The summed E-state index contributed by atoms with van der Waals surface area (Å²) < 4.78 is 15.6. The van der Waals surface area contributed by atoms with Crippen molar-refractivity contribution in [3.8, 4) is 11.5 Å². The molecule has 0 saturated carbocycles. The Bertz CT molecular complexity index is 409. The average Bonchev–Trinajstić information content (AvgIpc) is 2.15. The van der Waals surface area contributed by atoms with Crippen molar-refractivity contribution < 1.29 is 19.0 Å². The van der Waals surface area contributed by atoms with E-state index in [0.717, 1.165) is 0 Å². The van der Waals surface area contributed by atoms with Crippen molar-refractivity contribution in [2.24, 2.45) is 0 Å². The van der Waals surface area contributed by atoms with Crippen molar-refractivity contribution >= 4 is 5.97 Å². The van der Waals surface area contributed by atoms with Crippen molar-refractivity contribution in [3.63, 3.8) is 0 Å². The van der Waals surface area contributed by atoms with Crippen LogP contribution in [0.2, 0.25) is 0 Å². The van der Waals surface area contributed by atoms with Gasteiger partial charge in [-0.25, -0.2) is 4.79 Å². The first-order valence-electron chi connectivity index (χ1n) is 4.62. The molecule has 1 aliphatic heterocycles. The topological polar surface area (TPSA) is 44.8 Å². The van der Waals surface area contributed by atoms with Crippen LogP contribution in [0.3, 0.4) is 0 Å². The lowest BCUT2D eigenvalue weighted by Crippen LogP contribution is -2.38. The molecule has 0 aromatic heterocycles. The summed E-state index contributed by atoms with van der Waals surface area (Å²) in [5.41, 5.74) is 0.397. The lowest BCUT2D eigenvalue weighted by molar-refractivity contribution is -0.127. The Morgan fingerprint density at radius 1 is 1.27 bits per heavy atom. The van der Waals surface area contributed by atoms with Gasteiger partial charge in [0.2, 0.25) is 5.79 Å². The zero-order chi connectivity index (χ0) is 11.1. The Balaban J connectivity index is 2.46. The summed E-state index contributed by atoms with van der Waals surface area (Å²) in [6, 6.07) is 5.05. The van der Waals surface area contributed by atoms with E-state index < -0.39 is 5.79 Å². The number of hydrogen-bond acceptors (Lipinski definition) is 4. The Morgan fingerprint density at radius 3 is 2.67 bits per heavy atom. The maximum Gasteiger partial charge on any atom is 0.345 e. The first-order chi connectivity index (χ1) is 7.02. The number of methoxy groups -OCH3 is 1. The van der Waals surface area contributed by atoms with E-state index in [4.69, 9.17) is 14.2 Å². The van der Waals surface area contributed by atoms with Crippen molar-refractivity contribution in [3.05, 3.63) is 23.8 Å². The molecule has 0 amide bonds. The number of esters is 1. The fourth-order valence-corrected chi connectivity index (χ4v) is 1.45. The molecule has 0 unspecified atom stereocenters. The Morgan fingerprint density at radius 2 is 2.00 bits per heavy atom. The van der Waals surface area contributed by atoms with Crippen LogP contribution in [-0.2, 0) is 4.74 Å². The monoisotopic (exact) mass is 208 g/mol. The van der Waals surface area contributed by atoms with Crippen LogP contribution in [0.5, 0.6) is 11.5 Å². The Hall–Kier alpha value is -1.71. The fourth-order valence-electron chi connectivity index (χ4n) is 1.45. The van der Waals surface area contributed by atoms with Crippen LogP contribution in [0.1, 0.15) is 24.2 Å². The van der Waals surface area contributed by atoms with E-state index in [1.165, 1.54) is 0 Å². The lowest BCUT2D eigenvalue weighted by Gasteiger charge is -2.31. The predicted octanol–water partition coefficient (Wildman–Crippen LogP) is 1.98. The van der Waals surface area contributed by atoms with Gasteiger partial charge in [0.25, 0.3) is 0 Å². The molecule has 1 heterocycles. The molecular formula is C11H12O4. The third kappa shape index (κ3) is 1.75. The van der Waals surface area contributed by atoms with Gasteiger partial charge in [-0.05, 0) is 18.2 Å². The van der Waals surface area contributed by atoms with E-state index in [1.54, 1.807) is 39.2 Å². The fraction of sp³-hybridized carbons (Fsp3) is 0.364. The molecule has 4 nitrogen and oxygen atoms in total. The number of ether oxygens (including phenoxy) is 3. The summed E-state index contributed by atoms with van der Waals surface area (Å²) in [5, 5.41) is 0. The molecule has 0 spiro atoms. The van der Waals surface area contributed by atoms with Crippen LogP contribution in [0, 0.1) is 0 Å². The molecule has 0 radical (unpaired) electrons. The van der Waals surface area contributed by atoms with Crippen LogP contribution in [0.25, 0.3) is 0 Å². The van der Waals surface area contributed by atoms with E-state index >= 15 is 0 Å². The number of carbonyl (C=O) groups excluding carboxylic acids is 1. The highest BCUT2D eigenvalue weighted by molar-refractivity contribution is 5.94. The average molecular weight is 208 g/mol. The zero-order valence-corrected chi connectivity index (χ0v) is 8.87. The van der Waals surface area contributed by atoms with Crippen molar-refractivity contribution in [1.82, 2.24) is 0 Å². The van der Waals surface area contributed by atoms with Crippen LogP contribution in [0.4, 0.5) is 0 Å². The maximum atomic E-state index is 11.6. The summed E-state index contributed by atoms with van der Waals surface area (Å²) in [6.45, 7) is 3.39. The number of hydrogen-bond donors (Lipinski definition) is 0. The second kappa shape index (κ2) is 3.15. The predicted molar refractivity (Wildman–Crippen MR) is 53.1 cm³/mol. The standard InChI is InChI=1S/C11H12O4/c1-11(2)14-9-5-4-7(13-3)6-8(9)10(12)15-11/h4-6H,1-3H3. The van der Waals surface area contributed by atoms with Gasteiger partial charge >= 0.3 is 5.97 Å². The number of cyclic esters (lactones) is 1. The molecule has 0 fully saturated rings. The van der Waals surface area contributed by atoms with Gasteiger partial charge in [-0.2, -0.15) is 0 Å². The third-order valence-corrected chi connectivity index (χ3v) is 2.10. The minimum absolute atomic E-state index is 0.389. The second-order valence-corrected chi connectivity index (χ2v) is 3.75. The summed E-state index contributed by atoms with van der Waals surface area (Å²) in [7, 11) is 1.54. The van der Waals surface area contributed by atoms with E-state index in [1.807, 2.05) is 0 Å². The SMILES string of the molecule is COc1ccc2c(c1)C(=O)OC(C)(C)O2. The maximum absolute atomic E-state index is 11.6. The van der Waals surface area contributed by atoms with E-state index in [2.05, 4.69) is 0 Å². The molecule has 1 aromatic carbocycles. The van der Waals surface area contributed by atoms with Gasteiger partial charge < -0.3 is 14.2 Å². The van der Waals surface area contributed by atoms with Gasteiger partial charge in [-0.1, -0.05) is 0 Å². The summed E-state index contributed by atoms with van der Waals surface area (Å²) in [4.78, 5) is 11.6. The smallest absolute Gasteiger partial charge is 0.345 e. The van der Waals surface area contributed by atoms with Crippen LogP contribution < -0.4 is 9.47 Å². The van der Waals surface area contributed by atoms with Gasteiger partial charge in [-0.3, -0.25) is 0 Å². The molecule has 0 N–H and O–H groups in total. The highest BCUT2D eigenvalue weighted by Gasteiger charge is 2.33. The van der Waals surface area contributed by atoms with Crippen molar-refractivity contribution in [1.29, 1.82) is 0 Å². The highest BCUT2D eigenvalue weighted by atomic mass is 16.7. The van der Waals surface area contributed by atoms with Gasteiger partial charge in [0, 0.05) is 13.8 Å². The molecule has 4 heteroatoms. The number of benzene rings is 1. The normalized spacial score (nSPS) is 17.4. The molecule has 0 atom stereocenters. The number of rotatable bonds is 1. The molecule has 0 aliphatic carbocycles. The van der Waals surface area contributed by atoms with Crippen LogP contribution in [-0.4, -0.2) is 18.9 Å². The third-order valence-electron chi connectivity index (χ3n) is 2.10. The van der Waals surface area contributed by atoms with E-state index in [0.29, 0.717) is 17.1 Å². The minimum Gasteiger partial charge on any atom is -0.497 e. The van der Waals surface area contributed by atoms with Gasteiger partial charge in [0.05, 0.1) is 7.11 Å². The van der Waals surface area contributed by atoms with Gasteiger partial charge in [0.1, 0.15) is 17.1 Å². The molecule has 1 aliphatic rings. The number of carbonyl (C=O) groups is 1. The molecular weight excluding hydrogens is 196 g/mol. The quantitative estimate of drug-likeness (QED) is 0.662. The first kappa shape index (κ1) is 9.83. The van der Waals surface area contributed by atoms with Crippen molar-refractivity contribution in [2.75, 3.05) is 7.11 Å². The first-order valence-corrected chi connectivity index (χ1v) is 4.62. The van der Waals surface area contributed by atoms with Gasteiger partial charge in [0.15, 0.2) is 0 Å². The molecule has 15 heavy (non-hydrogen) atoms. The van der Waals surface area contributed by atoms with Crippen molar-refractivity contribution in [2.45, 2.75) is 19.6 Å². The summed E-state index contributed by atoms with van der Waals surface area (Å²) >= 11 is 0. The molecule has 0 bridgehead atoms. The van der Waals surface area contributed by atoms with Crippen LogP contribution >= 0.6 is 0 Å². The minimum atomic E-state index is -0.904. The molecule has 2 rings (SSSR count). The zero-order valence-electron chi connectivity index (χ0n) is 8.87. The Kier molecular flexibility index (Phi) is 2.07. The summed E-state index contributed by atoms with van der Waals surface area (Å²) in [6.07, 6.45) is 0. The van der Waals surface area contributed by atoms with Crippen LogP contribution in [0.15, 0.2) is 18.2 Å². The summed E-state index contributed by atoms with van der Waals surface area (Å²) in [5.74, 6) is -0.162. The Labute approximate surface area is 87.8 Å². The number of fused-ring (bicyclic) bond motifs is 1. The molecule has 80 valence electrons. The van der Waals surface area contributed by atoms with Gasteiger partial charge in [-0.15, -0.1) is 0 Å². The molecule has 0 saturated heterocycles. The lowest BCUT2D eigenvalue weighted by atomic mass is 10.1. The molecule has 1 aromatic rings. The van der Waals surface area contributed by atoms with E-state index in [9.17, 15) is 4.79 Å². The van der Waals surface area contributed by atoms with E-state index in [-0.39, 0.29) is 5.97 Å². The second-order valence-electron chi connectivity index (χ2n) is 3.75.